The molecule has 1 aliphatic rings. The summed E-state index contributed by atoms with van der Waals surface area (Å²) >= 11 is 5.91. The first-order valence-corrected chi connectivity index (χ1v) is 6.71. The van der Waals surface area contributed by atoms with Crippen molar-refractivity contribution in [3.8, 4) is 0 Å². The molecule has 1 amide bonds. The Morgan fingerprint density at radius 3 is 3.06 bits per heavy atom. The molecule has 2 rings (SSSR count). The Labute approximate surface area is 112 Å². The van der Waals surface area contributed by atoms with Crippen LogP contribution in [0.4, 0.5) is 0 Å². The summed E-state index contributed by atoms with van der Waals surface area (Å²) in [7, 11) is 0. The van der Waals surface area contributed by atoms with Crippen LogP contribution in [0, 0.1) is 0 Å². The van der Waals surface area contributed by atoms with E-state index in [1.165, 1.54) is 37.5 Å². The Bertz CT molecular complexity index is 457. The van der Waals surface area contributed by atoms with Gasteiger partial charge in [0.05, 0.1) is 10.6 Å². The van der Waals surface area contributed by atoms with Gasteiger partial charge in [0.25, 0.3) is 5.91 Å². The molecule has 3 nitrogen and oxygen atoms in total. The van der Waals surface area contributed by atoms with Crippen LogP contribution < -0.4 is 5.32 Å². The van der Waals surface area contributed by atoms with Gasteiger partial charge in [0.1, 0.15) is 0 Å². The Morgan fingerprint density at radius 1 is 1.44 bits per heavy atom. The Morgan fingerprint density at radius 2 is 2.33 bits per heavy atom. The molecule has 0 unspecified atom stereocenters. The van der Waals surface area contributed by atoms with E-state index in [1.807, 2.05) is 0 Å². The normalized spacial score (nSPS) is 15.1. The van der Waals surface area contributed by atoms with Gasteiger partial charge in [-0.15, -0.1) is 0 Å². The fourth-order valence-electron chi connectivity index (χ4n) is 2.12. The van der Waals surface area contributed by atoms with Crippen molar-refractivity contribution in [2.75, 3.05) is 6.54 Å². The first kappa shape index (κ1) is 13.1. The van der Waals surface area contributed by atoms with Gasteiger partial charge in [-0.05, 0) is 38.2 Å². The van der Waals surface area contributed by atoms with E-state index in [2.05, 4.69) is 16.4 Å². The topological polar surface area (TPSA) is 42.0 Å². The molecule has 0 saturated carbocycles. The lowest BCUT2D eigenvalue weighted by molar-refractivity contribution is 0.0954. The lowest BCUT2D eigenvalue weighted by Gasteiger charge is -2.13. The molecule has 0 bridgehead atoms. The predicted octanol–water partition coefficient (Wildman–Crippen LogP) is 3.36. The van der Waals surface area contributed by atoms with Crippen molar-refractivity contribution < 1.29 is 4.79 Å². The summed E-state index contributed by atoms with van der Waals surface area (Å²) in [5.74, 6) is -0.126. The van der Waals surface area contributed by atoms with E-state index in [9.17, 15) is 4.79 Å². The molecule has 1 heterocycles. The van der Waals surface area contributed by atoms with Crippen LogP contribution in [0.15, 0.2) is 30.1 Å². The van der Waals surface area contributed by atoms with E-state index in [1.54, 1.807) is 12.3 Å². The average molecular weight is 265 g/mol. The zero-order valence-corrected chi connectivity index (χ0v) is 11.0. The van der Waals surface area contributed by atoms with Crippen molar-refractivity contribution in [1.82, 2.24) is 10.3 Å². The first-order valence-electron chi connectivity index (χ1n) is 6.33. The summed E-state index contributed by atoms with van der Waals surface area (Å²) in [6, 6.07) is 1.64. The molecule has 0 spiro atoms. The number of hydrogen-bond donors (Lipinski definition) is 1. The highest BCUT2D eigenvalue weighted by Gasteiger charge is 2.10. The zero-order valence-electron chi connectivity index (χ0n) is 10.3. The smallest absolute Gasteiger partial charge is 0.252 e. The molecule has 0 atom stereocenters. The van der Waals surface area contributed by atoms with E-state index in [0.717, 1.165) is 6.42 Å². The highest BCUT2D eigenvalue weighted by atomic mass is 35.5. The maximum atomic E-state index is 11.9. The molecule has 1 aliphatic carbocycles. The number of rotatable bonds is 4. The van der Waals surface area contributed by atoms with Gasteiger partial charge in [-0.2, -0.15) is 0 Å². The fraction of sp³-hybridized carbons (Fsp3) is 0.429. The monoisotopic (exact) mass is 264 g/mol. The van der Waals surface area contributed by atoms with Gasteiger partial charge in [0.2, 0.25) is 0 Å². The molecule has 0 fully saturated rings. The van der Waals surface area contributed by atoms with Crippen LogP contribution in [0.2, 0.25) is 5.02 Å². The third-order valence-electron chi connectivity index (χ3n) is 3.13. The molecule has 96 valence electrons. The highest BCUT2D eigenvalue weighted by molar-refractivity contribution is 6.33. The van der Waals surface area contributed by atoms with E-state index >= 15 is 0 Å². The quantitative estimate of drug-likeness (QED) is 0.848. The number of halogens is 1. The van der Waals surface area contributed by atoms with Gasteiger partial charge in [-0.25, -0.2) is 0 Å². The van der Waals surface area contributed by atoms with Crippen molar-refractivity contribution in [3.63, 3.8) is 0 Å². The van der Waals surface area contributed by atoms with Crippen molar-refractivity contribution >= 4 is 17.5 Å². The lowest BCUT2D eigenvalue weighted by Crippen LogP contribution is -2.25. The minimum Gasteiger partial charge on any atom is -0.352 e. The van der Waals surface area contributed by atoms with Crippen LogP contribution in [-0.2, 0) is 0 Å². The molecule has 18 heavy (non-hydrogen) atoms. The average Bonchev–Trinajstić information content (AvgIpc) is 2.40. The Balaban J connectivity index is 1.82. The van der Waals surface area contributed by atoms with Crippen LogP contribution in [0.25, 0.3) is 0 Å². The number of aromatic nitrogens is 1. The number of pyridine rings is 1. The minimum atomic E-state index is -0.126. The van der Waals surface area contributed by atoms with E-state index in [0.29, 0.717) is 17.1 Å². The number of carbonyl (C=O) groups excluding carboxylic acids is 1. The second-order valence-electron chi connectivity index (χ2n) is 4.47. The van der Waals surface area contributed by atoms with Gasteiger partial charge < -0.3 is 5.32 Å². The zero-order chi connectivity index (χ0) is 12.8. The van der Waals surface area contributed by atoms with Crippen molar-refractivity contribution in [3.05, 3.63) is 40.7 Å². The van der Waals surface area contributed by atoms with Crippen LogP contribution >= 0.6 is 11.6 Å². The third-order valence-corrected chi connectivity index (χ3v) is 3.43. The number of nitrogens with one attached hydrogen (secondary N) is 1. The second-order valence-corrected chi connectivity index (χ2v) is 4.88. The summed E-state index contributed by atoms with van der Waals surface area (Å²) in [4.78, 5) is 15.7. The van der Waals surface area contributed by atoms with Gasteiger partial charge in [-0.1, -0.05) is 23.3 Å². The number of nitrogens with zero attached hydrogens (tertiary/aromatic N) is 1. The summed E-state index contributed by atoms with van der Waals surface area (Å²) in [6.07, 6.45) is 11.2. The summed E-state index contributed by atoms with van der Waals surface area (Å²) in [5.41, 5.74) is 1.95. The number of carbonyl (C=O) groups is 1. The van der Waals surface area contributed by atoms with Crippen LogP contribution in [-0.4, -0.2) is 17.4 Å². The fourth-order valence-corrected chi connectivity index (χ4v) is 2.33. The van der Waals surface area contributed by atoms with Crippen LogP contribution in [0.1, 0.15) is 42.5 Å². The van der Waals surface area contributed by atoms with Gasteiger partial charge in [0.15, 0.2) is 0 Å². The minimum absolute atomic E-state index is 0.126. The van der Waals surface area contributed by atoms with Gasteiger partial charge in [0, 0.05) is 18.9 Å². The molecular weight excluding hydrogens is 248 g/mol. The third kappa shape index (κ3) is 3.57. The molecule has 1 N–H and O–H groups in total. The van der Waals surface area contributed by atoms with Crippen molar-refractivity contribution in [1.29, 1.82) is 0 Å². The van der Waals surface area contributed by atoms with Gasteiger partial charge in [-0.3, -0.25) is 9.78 Å². The maximum Gasteiger partial charge on any atom is 0.252 e. The molecule has 0 aliphatic heterocycles. The van der Waals surface area contributed by atoms with E-state index < -0.39 is 0 Å². The lowest BCUT2D eigenvalue weighted by atomic mass is 9.97. The summed E-state index contributed by atoms with van der Waals surface area (Å²) in [6.45, 7) is 0.670. The predicted molar refractivity (Wildman–Crippen MR) is 72.7 cm³/mol. The van der Waals surface area contributed by atoms with Crippen molar-refractivity contribution in [2.24, 2.45) is 0 Å². The molecule has 4 heteroatoms. The van der Waals surface area contributed by atoms with E-state index in [-0.39, 0.29) is 5.91 Å². The molecule has 1 aromatic heterocycles. The van der Waals surface area contributed by atoms with Gasteiger partial charge >= 0.3 is 0 Å². The molecule has 0 radical (unpaired) electrons. The molecule has 0 saturated heterocycles. The molecule has 0 aromatic carbocycles. The maximum absolute atomic E-state index is 11.9. The molecular formula is C14H17ClN2O. The molecule has 1 aromatic rings. The SMILES string of the molecule is O=C(NCCC1=CCCCC1)c1ccncc1Cl. The Kier molecular flexibility index (Phi) is 4.76. The van der Waals surface area contributed by atoms with E-state index in [4.69, 9.17) is 11.6 Å². The summed E-state index contributed by atoms with van der Waals surface area (Å²) in [5, 5.41) is 3.29. The first-order chi connectivity index (χ1) is 8.77. The highest BCUT2D eigenvalue weighted by Crippen LogP contribution is 2.19. The second kappa shape index (κ2) is 6.55. The van der Waals surface area contributed by atoms with Crippen LogP contribution in [0.3, 0.4) is 0 Å². The largest absolute Gasteiger partial charge is 0.352 e. The standard InChI is InChI=1S/C14H17ClN2O/c15-13-10-16-8-7-12(13)14(18)17-9-6-11-4-2-1-3-5-11/h4,7-8,10H,1-3,5-6,9H2,(H,17,18). The number of amides is 1. The Hall–Kier alpha value is -1.35. The summed E-state index contributed by atoms with van der Waals surface area (Å²) < 4.78 is 0. The number of hydrogen-bond acceptors (Lipinski definition) is 2. The van der Waals surface area contributed by atoms with Crippen LogP contribution in [0.5, 0.6) is 0 Å². The number of allylic oxidation sites excluding steroid dienone is 1. The van der Waals surface area contributed by atoms with Crippen molar-refractivity contribution in [2.45, 2.75) is 32.1 Å².